The number of hydrogen-bond donors (Lipinski definition) is 1. The third-order valence-corrected chi connectivity index (χ3v) is 2.82. The molecule has 18 heavy (non-hydrogen) atoms. The molecule has 0 aromatic carbocycles. The summed E-state index contributed by atoms with van der Waals surface area (Å²) in [4.78, 5) is 2.35. The minimum Gasteiger partial charge on any atom is -0.312 e. The number of rotatable bonds is 6. The van der Waals surface area contributed by atoms with Crippen LogP contribution in [0.2, 0.25) is 0 Å². The molecule has 0 aliphatic carbocycles. The molecule has 1 unspecified atom stereocenters. The summed E-state index contributed by atoms with van der Waals surface area (Å²) in [5.74, 6) is 0.644. The summed E-state index contributed by atoms with van der Waals surface area (Å²) in [7, 11) is 4.12. The second kappa shape index (κ2) is 6.34. The molecule has 0 saturated carbocycles. The minimum absolute atomic E-state index is 0.205. The molecule has 4 heteroatoms. The van der Waals surface area contributed by atoms with E-state index in [4.69, 9.17) is 0 Å². The number of nitrogens with zero attached hydrogens (tertiary/aromatic N) is 3. The standard InChI is InChI=1S/C14H28N4/c1-12(7-15-14(2,3)4)9-17(5)10-13-8-16-18(6)11-13/h8,11-12,15H,7,9-10H2,1-6H3. The summed E-state index contributed by atoms with van der Waals surface area (Å²) >= 11 is 0. The second-order valence-corrected chi connectivity index (χ2v) is 6.46. The van der Waals surface area contributed by atoms with Gasteiger partial charge in [-0.05, 0) is 40.3 Å². The van der Waals surface area contributed by atoms with Gasteiger partial charge in [-0.1, -0.05) is 6.92 Å². The van der Waals surface area contributed by atoms with E-state index in [-0.39, 0.29) is 5.54 Å². The highest BCUT2D eigenvalue weighted by atomic mass is 15.2. The highest BCUT2D eigenvalue weighted by Crippen LogP contribution is 2.06. The molecule has 1 N–H and O–H groups in total. The zero-order chi connectivity index (χ0) is 13.8. The van der Waals surface area contributed by atoms with Gasteiger partial charge >= 0.3 is 0 Å². The lowest BCUT2D eigenvalue weighted by molar-refractivity contribution is 0.261. The van der Waals surface area contributed by atoms with Crippen LogP contribution in [0.25, 0.3) is 0 Å². The molecule has 0 amide bonds. The zero-order valence-corrected chi connectivity index (χ0v) is 12.7. The average Bonchev–Trinajstić information content (AvgIpc) is 2.59. The highest BCUT2D eigenvalue weighted by Gasteiger charge is 2.12. The smallest absolute Gasteiger partial charge is 0.0534 e. The van der Waals surface area contributed by atoms with Gasteiger partial charge in [-0.25, -0.2) is 0 Å². The molecule has 0 fully saturated rings. The Labute approximate surface area is 111 Å². The molecule has 1 heterocycles. The van der Waals surface area contributed by atoms with E-state index in [0.29, 0.717) is 5.92 Å². The number of hydrogen-bond acceptors (Lipinski definition) is 3. The van der Waals surface area contributed by atoms with Gasteiger partial charge in [-0.3, -0.25) is 4.68 Å². The largest absolute Gasteiger partial charge is 0.312 e. The van der Waals surface area contributed by atoms with Crippen LogP contribution in [0.5, 0.6) is 0 Å². The van der Waals surface area contributed by atoms with Crippen molar-refractivity contribution in [3.63, 3.8) is 0 Å². The van der Waals surface area contributed by atoms with Crippen molar-refractivity contribution < 1.29 is 0 Å². The van der Waals surface area contributed by atoms with E-state index >= 15 is 0 Å². The summed E-state index contributed by atoms with van der Waals surface area (Å²) in [6, 6.07) is 0. The van der Waals surface area contributed by atoms with Gasteiger partial charge in [0.2, 0.25) is 0 Å². The maximum atomic E-state index is 4.20. The molecule has 1 rings (SSSR count). The fourth-order valence-corrected chi connectivity index (χ4v) is 2.01. The minimum atomic E-state index is 0.205. The summed E-state index contributed by atoms with van der Waals surface area (Å²) in [6.07, 6.45) is 4.02. The third kappa shape index (κ3) is 6.17. The molecule has 0 aliphatic heterocycles. The first kappa shape index (κ1) is 15.2. The van der Waals surface area contributed by atoms with Crippen LogP contribution in [0.15, 0.2) is 12.4 Å². The first-order valence-electron chi connectivity index (χ1n) is 6.67. The Morgan fingerprint density at radius 2 is 2.11 bits per heavy atom. The van der Waals surface area contributed by atoms with E-state index in [0.717, 1.165) is 19.6 Å². The van der Waals surface area contributed by atoms with Crippen molar-refractivity contribution in [2.75, 3.05) is 20.1 Å². The first-order chi connectivity index (χ1) is 8.26. The maximum Gasteiger partial charge on any atom is 0.0534 e. The van der Waals surface area contributed by atoms with E-state index < -0.39 is 0 Å². The molecule has 0 spiro atoms. The molecule has 0 bridgehead atoms. The topological polar surface area (TPSA) is 33.1 Å². The normalized spacial score (nSPS) is 14.2. The van der Waals surface area contributed by atoms with Crippen LogP contribution in [0.4, 0.5) is 0 Å². The van der Waals surface area contributed by atoms with Crippen molar-refractivity contribution in [3.8, 4) is 0 Å². The quantitative estimate of drug-likeness (QED) is 0.839. The fraction of sp³-hybridized carbons (Fsp3) is 0.786. The van der Waals surface area contributed by atoms with E-state index in [1.165, 1.54) is 5.56 Å². The van der Waals surface area contributed by atoms with E-state index in [1.54, 1.807) is 0 Å². The summed E-state index contributed by atoms with van der Waals surface area (Å²) < 4.78 is 1.85. The predicted molar refractivity (Wildman–Crippen MR) is 76.5 cm³/mol. The van der Waals surface area contributed by atoms with Crippen molar-refractivity contribution in [1.82, 2.24) is 20.0 Å². The fourth-order valence-electron chi connectivity index (χ4n) is 2.01. The number of aryl methyl sites for hydroxylation is 1. The summed E-state index contributed by atoms with van der Waals surface area (Å²) in [6.45, 7) is 12.0. The van der Waals surface area contributed by atoms with Crippen LogP contribution in [-0.2, 0) is 13.6 Å². The highest BCUT2D eigenvalue weighted by molar-refractivity contribution is 5.02. The van der Waals surface area contributed by atoms with Crippen LogP contribution in [0.1, 0.15) is 33.3 Å². The molecule has 104 valence electrons. The Balaban J connectivity index is 2.29. The average molecular weight is 252 g/mol. The summed E-state index contributed by atoms with van der Waals surface area (Å²) in [5.41, 5.74) is 1.48. The van der Waals surface area contributed by atoms with E-state index in [9.17, 15) is 0 Å². The molecule has 4 nitrogen and oxygen atoms in total. The number of nitrogens with one attached hydrogen (secondary N) is 1. The Morgan fingerprint density at radius 3 is 2.61 bits per heavy atom. The van der Waals surface area contributed by atoms with Crippen LogP contribution < -0.4 is 5.32 Å². The molecular weight excluding hydrogens is 224 g/mol. The van der Waals surface area contributed by atoms with E-state index in [1.807, 2.05) is 17.9 Å². The van der Waals surface area contributed by atoms with Crippen molar-refractivity contribution in [2.24, 2.45) is 13.0 Å². The number of aromatic nitrogens is 2. The monoisotopic (exact) mass is 252 g/mol. The maximum absolute atomic E-state index is 4.20. The van der Waals surface area contributed by atoms with Gasteiger partial charge in [0.15, 0.2) is 0 Å². The molecule has 0 aliphatic rings. The van der Waals surface area contributed by atoms with Crippen molar-refractivity contribution in [2.45, 2.75) is 39.8 Å². The zero-order valence-electron chi connectivity index (χ0n) is 12.7. The summed E-state index contributed by atoms with van der Waals surface area (Å²) in [5, 5.41) is 7.75. The Kier molecular flexibility index (Phi) is 5.35. The van der Waals surface area contributed by atoms with Crippen molar-refractivity contribution >= 4 is 0 Å². The SMILES string of the molecule is CC(CNC(C)(C)C)CN(C)Cc1cnn(C)c1. The van der Waals surface area contributed by atoms with Gasteiger partial charge in [0, 0.05) is 37.4 Å². The van der Waals surface area contributed by atoms with Gasteiger partial charge < -0.3 is 10.2 Å². The molecule has 0 radical (unpaired) electrons. The van der Waals surface area contributed by atoms with E-state index in [2.05, 4.69) is 56.3 Å². The lowest BCUT2D eigenvalue weighted by Gasteiger charge is -2.26. The predicted octanol–water partition coefficient (Wildman–Crippen LogP) is 1.88. The molecule has 0 saturated heterocycles. The Hall–Kier alpha value is -0.870. The Morgan fingerprint density at radius 1 is 1.44 bits per heavy atom. The van der Waals surface area contributed by atoms with Crippen LogP contribution in [0.3, 0.4) is 0 Å². The van der Waals surface area contributed by atoms with Crippen LogP contribution in [-0.4, -0.2) is 40.4 Å². The second-order valence-electron chi connectivity index (χ2n) is 6.46. The Bertz CT molecular complexity index is 351. The lowest BCUT2D eigenvalue weighted by atomic mass is 10.1. The van der Waals surface area contributed by atoms with Crippen LogP contribution >= 0.6 is 0 Å². The first-order valence-corrected chi connectivity index (χ1v) is 6.67. The lowest BCUT2D eigenvalue weighted by Crippen LogP contribution is -2.40. The third-order valence-electron chi connectivity index (χ3n) is 2.82. The molecular formula is C14H28N4. The van der Waals surface area contributed by atoms with Crippen molar-refractivity contribution in [1.29, 1.82) is 0 Å². The van der Waals surface area contributed by atoms with Gasteiger partial charge in [0.25, 0.3) is 0 Å². The molecule has 1 aromatic heterocycles. The molecule has 1 aromatic rings. The van der Waals surface area contributed by atoms with Gasteiger partial charge in [0.05, 0.1) is 6.20 Å². The van der Waals surface area contributed by atoms with Gasteiger partial charge in [-0.15, -0.1) is 0 Å². The van der Waals surface area contributed by atoms with Crippen LogP contribution in [0, 0.1) is 5.92 Å². The molecule has 1 atom stereocenters. The van der Waals surface area contributed by atoms with Crippen molar-refractivity contribution in [3.05, 3.63) is 18.0 Å². The van der Waals surface area contributed by atoms with Gasteiger partial charge in [-0.2, -0.15) is 5.10 Å². The van der Waals surface area contributed by atoms with Gasteiger partial charge in [0.1, 0.15) is 0 Å².